The topological polar surface area (TPSA) is 44.8 Å². The van der Waals surface area contributed by atoms with Crippen LogP contribution in [0, 0.1) is 0 Å². The van der Waals surface area contributed by atoms with Crippen LogP contribution >= 0.6 is 0 Å². The third-order valence-corrected chi connectivity index (χ3v) is 3.01. The maximum Gasteiger partial charge on any atom is 0.302 e. The molecule has 1 aliphatic heterocycles. The quantitative estimate of drug-likeness (QED) is 0.366. The fourth-order valence-corrected chi connectivity index (χ4v) is 1.95. The lowest BCUT2D eigenvalue weighted by molar-refractivity contribution is -0.162. The van der Waals surface area contributed by atoms with Gasteiger partial charge in [-0.15, -0.1) is 0 Å². The van der Waals surface area contributed by atoms with Gasteiger partial charge in [0.2, 0.25) is 0 Å². The SMILES string of the molecule is CC(=O)OC/C=C\CCCCCOC1CCCCO1. The van der Waals surface area contributed by atoms with E-state index < -0.39 is 0 Å². The zero-order valence-electron chi connectivity index (χ0n) is 11.9. The molecular formula is C15H26O4. The van der Waals surface area contributed by atoms with Crippen LogP contribution in [0.25, 0.3) is 0 Å². The van der Waals surface area contributed by atoms with Gasteiger partial charge in [-0.3, -0.25) is 4.79 Å². The lowest BCUT2D eigenvalue weighted by Crippen LogP contribution is -2.22. The van der Waals surface area contributed by atoms with E-state index in [9.17, 15) is 4.79 Å². The van der Waals surface area contributed by atoms with Crippen LogP contribution < -0.4 is 0 Å². The Kier molecular flexibility index (Phi) is 9.37. The molecule has 0 N–H and O–H groups in total. The number of carbonyl (C=O) groups is 1. The van der Waals surface area contributed by atoms with Gasteiger partial charge in [0, 0.05) is 20.1 Å². The van der Waals surface area contributed by atoms with Crippen LogP contribution in [0.3, 0.4) is 0 Å². The van der Waals surface area contributed by atoms with Crippen molar-refractivity contribution >= 4 is 5.97 Å². The standard InChI is InChI=1S/C15H26O4/c1-14(16)17-11-7-4-2-3-5-8-12-18-15-10-6-9-13-19-15/h4,7,15H,2-3,5-6,8-13H2,1H3/b7-4-. The van der Waals surface area contributed by atoms with Crippen molar-refractivity contribution in [3.05, 3.63) is 12.2 Å². The number of allylic oxidation sites excluding steroid dienone is 1. The number of hydrogen-bond acceptors (Lipinski definition) is 4. The number of carbonyl (C=O) groups excluding carboxylic acids is 1. The molecule has 110 valence electrons. The van der Waals surface area contributed by atoms with Crippen LogP contribution in [0.1, 0.15) is 51.9 Å². The molecule has 0 bridgehead atoms. The average Bonchev–Trinajstić information content (AvgIpc) is 2.42. The van der Waals surface area contributed by atoms with E-state index >= 15 is 0 Å². The minimum Gasteiger partial charge on any atom is -0.462 e. The van der Waals surface area contributed by atoms with Crippen LogP contribution in [0.4, 0.5) is 0 Å². The van der Waals surface area contributed by atoms with Crippen molar-refractivity contribution in [1.82, 2.24) is 0 Å². The number of hydrogen-bond donors (Lipinski definition) is 0. The fraction of sp³-hybridized carbons (Fsp3) is 0.800. The first-order valence-electron chi connectivity index (χ1n) is 7.30. The van der Waals surface area contributed by atoms with Crippen molar-refractivity contribution < 1.29 is 19.0 Å². The molecule has 0 saturated carbocycles. The largest absolute Gasteiger partial charge is 0.462 e. The highest BCUT2D eigenvalue weighted by Gasteiger charge is 2.12. The second kappa shape index (κ2) is 11.0. The lowest BCUT2D eigenvalue weighted by Gasteiger charge is -2.22. The molecule has 1 rings (SSSR count). The van der Waals surface area contributed by atoms with Gasteiger partial charge < -0.3 is 14.2 Å². The Balaban J connectivity index is 1.81. The van der Waals surface area contributed by atoms with E-state index in [2.05, 4.69) is 6.08 Å². The average molecular weight is 270 g/mol. The van der Waals surface area contributed by atoms with Crippen LogP contribution in [-0.4, -0.2) is 32.1 Å². The molecule has 1 unspecified atom stereocenters. The lowest BCUT2D eigenvalue weighted by atomic mass is 10.2. The molecule has 0 aromatic carbocycles. The third-order valence-electron chi connectivity index (χ3n) is 3.01. The van der Waals surface area contributed by atoms with E-state index in [0.29, 0.717) is 6.61 Å². The van der Waals surface area contributed by atoms with Gasteiger partial charge in [0.05, 0.1) is 0 Å². The van der Waals surface area contributed by atoms with Gasteiger partial charge in [0.25, 0.3) is 0 Å². The third kappa shape index (κ3) is 9.68. The Hall–Kier alpha value is -0.870. The molecule has 1 fully saturated rings. The minimum absolute atomic E-state index is 0.0392. The highest BCUT2D eigenvalue weighted by Crippen LogP contribution is 2.14. The van der Waals surface area contributed by atoms with Crippen molar-refractivity contribution in [1.29, 1.82) is 0 Å². The molecule has 4 heteroatoms. The van der Waals surface area contributed by atoms with Crippen LogP contribution in [0.15, 0.2) is 12.2 Å². The molecule has 1 aliphatic rings. The summed E-state index contributed by atoms with van der Waals surface area (Å²) in [6.07, 6.45) is 11.8. The first-order valence-corrected chi connectivity index (χ1v) is 7.30. The van der Waals surface area contributed by atoms with Gasteiger partial charge in [-0.05, 0) is 38.5 Å². The highest BCUT2D eigenvalue weighted by atomic mass is 16.7. The Morgan fingerprint density at radius 3 is 2.89 bits per heavy atom. The van der Waals surface area contributed by atoms with E-state index in [4.69, 9.17) is 14.2 Å². The van der Waals surface area contributed by atoms with Gasteiger partial charge in [-0.1, -0.05) is 18.6 Å². The smallest absolute Gasteiger partial charge is 0.302 e. The number of ether oxygens (including phenoxy) is 3. The molecule has 0 aromatic heterocycles. The summed E-state index contributed by atoms with van der Waals surface area (Å²) in [5, 5.41) is 0. The molecule has 0 spiro atoms. The number of rotatable bonds is 9. The van der Waals surface area contributed by atoms with Crippen molar-refractivity contribution in [3.63, 3.8) is 0 Å². The molecule has 4 nitrogen and oxygen atoms in total. The molecule has 1 heterocycles. The second-order valence-corrected chi connectivity index (χ2v) is 4.79. The number of unbranched alkanes of at least 4 members (excludes halogenated alkanes) is 3. The molecule has 0 aromatic rings. The van der Waals surface area contributed by atoms with Gasteiger partial charge >= 0.3 is 5.97 Å². The predicted octanol–water partition coefficient (Wildman–Crippen LogP) is 3.21. The summed E-state index contributed by atoms with van der Waals surface area (Å²) in [4.78, 5) is 10.5. The molecule has 0 amide bonds. The molecule has 0 radical (unpaired) electrons. The van der Waals surface area contributed by atoms with E-state index in [1.54, 1.807) is 0 Å². The Bertz CT molecular complexity index is 257. The summed E-state index contributed by atoms with van der Waals surface area (Å²) >= 11 is 0. The van der Waals surface area contributed by atoms with Crippen LogP contribution in [0.5, 0.6) is 0 Å². The van der Waals surface area contributed by atoms with E-state index in [1.165, 1.54) is 19.8 Å². The highest BCUT2D eigenvalue weighted by molar-refractivity contribution is 5.65. The molecule has 1 atom stereocenters. The summed E-state index contributed by atoms with van der Waals surface area (Å²) in [5.74, 6) is -0.230. The van der Waals surface area contributed by atoms with Gasteiger partial charge in [-0.2, -0.15) is 0 Å². The zero-order valence-corrected chi connectivity index (χ0v) is 11.9. The number of esters is 1. The molecular weight excluding hydrogens is 244 g/mol. The fourth-order valence-electron chi connectivity index (χ4n) is 1.95. The summed E-state index contributed by atoms with van der Waals surface area (Å²) in [6.45, 7) is 3.45. The van der Waals surface area contributed by atoms with E-state index in [0.717, 1.165) is 45.3 Å². The van der Waals surface area contributed by atoms with Gasteiger partial charge in [0.1, 0.15) is 6.61 Å². The maximum absolute atomic E-state index is 10.5. The zero-order chi connectivity index (χ0) is 13.8. The van der Waals surface area contributed by atoms with Gasteiger partial charge in [0.15, 0.2) is 6.29 Å². The minimum atomic E-state index is -0.230. The van der Waals surface area contributed by atoms with Crippen LogP contribution in [-0.2, 0) is 19.0 Å². The Labute approximate surface area is 116 Å². The Morgan fingerprint density at radius 2 is 2.16 bits per heavy atom. The summed E-state index contributed by atoms with van der Waals surface area (Å²) < 4.78 is 15.9. The van der Waals surface area contributed by atoms with Crippen molar-refractivity contribution in [3.8, 4) is 0 Å². The Morgan fingerprint density at radius 1 is 1.26 bits per heavy atom. The summed E-state index contributed by atoms with van der Waals surface area (Å²) in [5.41, 5.74) is 0. The van der Waals surface area contributed by atoms with Gasteiger partial charge in [-0.25, -0.2) is 0 Å². The van der Waals surface area contributed by atoms with E-state index in [1.807, 2.05) is 6.08 Å². The van der Waals surface area contributed by atoms with E-state index in [-0.39, 0.29) is 12.3 Å². The summed E-state index contributed by atoms with van der Waals surface area (Å²) in [7, 11) is 0. The molecule has 19 heavy (non-hydrogen) atoms. The van der Waals surface area contributed by atoms with Crippen molar-refractivity contribution in [2.45, 2.75) is 58.2 Å². The van der Waals surface area contributed by atoms with Crippen molar-refractivity contribution in [2.75, 3.05) is 19.8 Å². The first kappa shape index (κ1) is 16.2. The normalized spacial score (nSPS) is 19.7. The van der Waals surface area contributed by atoms with Crippen molar-refractivity contribution in [2.24, 2.45) is 0 Å². The predicted molar refractivity (Wildman–Crippen MR) is 73.8 cm³/mol. The second-order valence-electron chi connectivity index (χ2n) is 4.79. The summed E-state index contributed by atoms with van der Waals surface area (Å²) in [6, 6.07) is 0. The molecule has 0 aliphatic carbocycles. The monoisotopic (exact) mass is 270 g/mol. The first-order chi connectivity index (χ1) is 9.29. The van der Waals surface area contributed by atoms with Crippen LogP contribution in [0.2, 0.25) is 0 Å². The maximum atomic E-state index is 10.5. The molecule has 1 saturated heterocycles.